The SMILES string of the molecule is CC1(C)CC(/C=C/c2ccc(N(CCOC(=O)c3ccc(OC(F)=C(F)F)cc3)CCOC(=O)c3ccc(OC(F)=C(F)F)cc3)cc2)=CC(=C\C=C\C2=C(C#N)C(=C(C#N)C#N)OC2(C)C)/C1. The topological polar surface area (TPSA) is 155 Å². The number of hydrogen-bond donors (Lipinski definition) is 0. The molecule has 0 N–H and O–H groups in total. The van der Waals surface area contributed by atoms with E-state index < -0.39 is 41.7 Å². The number of allylic oxidation sites excluding steroid dienone is 8. The lowest BCUT2D eigenvalue weighted by Crippen LogP contribution is -2.32. The van der Waals surface area contributed by atoms with E-state index in [-0.39, 0.29) is 71.2 Å². The summed E-state index contributed by atoms with van der Waals surface area (Å²) >= 11 is 0. The Morgan fingerprint density at radius 1 is 0.706 bits per heavy atom. The average Bonchev–Trinajstić information content (AvgIpc) is 3.56. The second-order valence-corrected chi connectivity index (χ2v) is 16.3. The van der Waals surface area contributed by atoms with Gasteiger partial charge in [0.05, 0.1) is 24.2 Å². The van der Waals surface area contributed by atoms with Crippen LogP contribution in [0.2, 0.25) is 0 Å². The van der Waals surface area contributed by atoms with Crippen molar-refractivity contribution < 1.29 is 59.6 Å². The molecular weight excluding hydrogens is 895 g/mol. The second kappa shape index (κ2) is 22.8. The van der Waals surface area contributed by atoms with Crippen LogP contribution in [0.3, 0.4) is 0 Å². The molecule has 3 aromatic carbocycles. The van der Waals surface area contributed by atoms with Gasteiger partial charge < -0.3 is 28.6 Å². The lowest BCUT2D eigenvalue weighted by atomic mass is 9.75. The third kappa shape index (κ3) is 13.9. The van der Waals surface area contributed by atoms with E-state index >= 15 is 0 Å². The van der Waals surface area contributed by atoms with E-state index in [4.69, 9.17) is 14.2 Å². The minimum absolute atomic E-state index is 0.0309. The number of halogens is 6. The monoisotopic (exact) mass is 936 g/mol. The number of nitriles is 3. The molecule has 0 saturated heterocycles. The minimum Gasteiger partial charge on any atom is -0.480 e. The number of carbonyl (C=O) groups excluding carboxylic acids is 2. The first kappa shape index (κ1) is 50.8. The van der Waals surface area contributed by atoms with Crippen LogP contribution >= 0.6 is 0 Å². The zero-order chi connectivity index (χ0) is 49.6. The zero-order valence-corrected chi connectivity index (χ0v) is 37.0. The molecule has 2 aliphatic rings. The largest absolute Gasteiger partial charge is 0.480 e. The van der Waals surface area contributed by atoms with Crippen molar-refractivity contribution in [1.29, 1.82) is 15.8 Å². The van der Waals surface area contributed by atoms with Gasteiger partial charge in [0.1, 0.15) is 54.1 Å². The average molecular weight is 937 g/mol. The maximum Gasteiger partial charge on any atom is 0.344 e. The Bertz CT molecular complexity index is 2670. The lowest BCUT2D eigenvalue weighted by molar-refractivity contribution is 0.0503. The van der Waals surface area contributed by atoms with E-state index in [1.165, 1.54) is 24.3 Å². The van der Waals surface area contributed by atoms with E-state index in [0.29, 0.717) is 11.3 Å². The van der Waals surface area contributed by atoms with Gasteiger partial charge in [-0.15, -0.1) is 0 Å². The molecule has 0 aromatic heterocycles. The van der Waals surface area contributed by atoms with Crippen LogP contribution in [0.5, 0.6) is 11.5 Å². The van der Waals surface area contributed by atoms with E-state index in [1.807, 2.05) is 48.6 Å². The molecule has 3 aromatic rings. The van der Waals surface area contributed by atoms with Gasteiger partial charge in [-0.1, -0.05) is 62.4 Å². The van der Waals surface area contributed by atoms with Crippen LogP contribution in [0.25, 0.3) is 6.08 Å². The molecule has 1 aliphatic carbocycles. The van der Waals surface area contributed by atoms with Crippen molar-refractivity contribution in [3.05, 3.63) is 178 Å². The molecule has 0 unspecified atom stereocenters. The van der Waals surface area contributed by atoms with Gasteiger partial charge in [-0.3, -0.25) is 0 Å². The van der Waals surface area contributed by atoms with Gasteiger partial charge >= 0.3 is 36.1 Å². The summed E-state index contributed by atoms with van der Waals surface area (Å²) in [5.74, 6) is -2.10. The summed E-state index contributed by atoms with van der Waals surface area (Å²) in [5, 5.41) is 28.6. The fourth-order valence-electron chi connectivity index (χ4n) is 7.11. The van der Waals surface area contributed by atoms with E-state index in [0.717, 1.165) is 53.8 Å². The van der Waals surface area contributed by atoms with Crippen LogP contribution in [-0.2, 0) is 14.2 Å². The molecule has 5 rings (SSSR count). The Morgan fingerprint density at radius 3 is 1.69 bits per heavy atom. The molecule has 350 valence electrons. The lowest BCUT2D eigenvalue weighted by Gasteiger charge is -2.30. The molecule has 0 spiro atoms. The first-order valence-electron chi connectivity index (χ1n) is 20.6. The number of nitrogens with zero attached hydrogens (tertiary/aromatic N) is 4. The molecule has 0 atom stereocenters. The normalized spacial score (nSPS) is 15.4. The van der Waals surface area contributed by atoms with Crippen molar-refractivity contribution in [3.63, 3.8) is 0 Å². The third-order valence-electron chi connectivity index (χ3n) is 10.2. The quantitative estimate of drug-likeness (QED) is 0.0549. The maximum absolute atomic E-state index is 13.2. The van der Waals surface area contributed by atoms with Gasteiger partial charge in [0.25, 0.3) is 0 Å². The highest BCUT2D eigenvalue weighted by atomic mass is 19.3. The van der Waals surface area contributed by atoms with Crippen LogP contribution < -0.4 is 14.4 Å². The molecule has 0 saturated carbocycles. The number of hydrogen-bond acceptors (Lipinski definition) is 11. The number of esters is 2. The Labute approximate surface area is 388 Å². The van der Waals surface area contributed by atoms with Crippen LogP contribution in [0.1, 0.15) is 66.8 Å². The summed E-state index contributed by atoms with van der Waals surface area (Å²) in [6.07, 6.45) is 7.90. The van der Waals surface area contributed by atoms with Crippen LogP contribution in [-0.4, -0.2) is 43.8 Å². The predicted octanol–water partition coefficient (Wildman–Crippen LogP) is 12.2. The Morgan fingerprint density at radius 2 is 1.22 bits per heavy atom. The summed E-state index contributed by atoms with van der Waals surface area (Å²) in [6.45, 7) is 7.76. The Balaban J connectivity index is 1.29. The first-order valence-corrected chi connectivity index (χ1v) is 20.6. The molecule has 0 radical (unpaired) electrons. The first-order chi connectivity index (χ1) is 32.3. The standard InChI is InChI=1S/C51H42F6N4O7/c1-50(2)27-33(6-5-7-42-41(31-60)43(37(29-58)30-59)68-51(42,3)4)26-34(28-50)9-8-32-10-16-38(17-11-32)61(22-24-64-48(62)35-12-18-39(19-13-35)66-46(56)44(52)53)23-25-65-49(63)36-14-20-40(21-15-36)67-47(57)45(54)55/h5-21,26H,22-25,27-28H2,1-4H3/b7-5+,9-8+,33-6+. The highest BCUT2D eigenvalue weighted by Crippen LogP contribution is 2.41. The molecule has 11 nitrogen and oxygen atoms in total. The number of anilines is 1. The fraction of sp³-hybridized carbons (Fsp3) is 0.235. The van der Waals surface area contributed by atoms with Crippen molar-refractivity contribution in [2.24, 2.45) is 5.41 Å². The summed E-state index contributed by atoms with van der Waals surface area (Å²) < 4.78 is 102. The molecule has 17 heteroatoms. The minimum atomic E-state index is -2.64. The van der Waals surface area contributed by atoms with Crippen LogP contribution in [0.15, 0.2) is 161 Å². The summed E-state index contributed by atoms with van der Waals surface area (Å²) in [6, 6.07) is 18.2. The molecule has 0 amide bonds. The number of carbonyl (C=O) groups is 2. The molecule has 0 bridgehead atoms. The van der Waals surface area contributed by atoms with Crippen molar-refractivity contribution in [2.45, 2.75) is 46.1 Å². The maximum atomic E-state index is 13.2. The number of benzene rings is 3. The molecule has 1 aliphatic heterocycles. The van der Waals surface area contributed by atoms with E-state index in [1.54, 1.807) is 37.0 Å². The van der Waals surface area contributed by atoms with Gasteiger partial charge in [0.15, 0.2) is 11.3 Å². The smallest absolute Gasteiger partial charge is 0.344 e. The van der Waals surface area contributed by atoms with E-state index in [9.17, 15) is 51.7 Å². The van der Waals surface area contributed by atoms with Gasteiger partial charge in [0, 0.05) is 11.3 Å². The second-order valence-electron chi connectivity index (χ2n) is 16.3. The van der Waals surface area contributed by atoms with Crippen molar-refractivity contribution in [1.82, 2.24) is 0 Å². The van der Waals surface area contributed by atoms with E-state index in [2.05, 4.69) is 35.5 Å². The Kier molecular flexibility index (Phi) is 17.0. The van der Waals surface area contributed by atoms with Gasteiger partial charge in [-0.05, 0) is 109 Å². The highest BCUT2D eigenvalue weighted by Gasteiger charge is 2.38. The Hall–Kier alpha value is -8.23. The number of ether oxygens (including phenoxy) is 5. The summed E-state index contributed by atoms with van der Waals surface area (Å²) in [7, 11) is 0. The van der Waals surface area contributed by atoms with Crippen molar-refractivity contribution in [2.75, 3.05) is 31.2 Å². The highest BCUT2D eigenvalue weighted by molar-refractivity contribution is 5.90. The zero-order valence-electron chi connectivity index (χ0n) is 37.0. The molecule has 0 fully saturated rings. The fourth-order valence-corrected chi connectivity index (χ4v) is 7.11. The van der Waals surface area contributed by atoms with Crippen LogP contribution in [0, 0.1) is 39.4 Å². The molecule has 1 heterocycles. The summed E-state index contributed by atoms with van der Waals surface area (Å²) in [4.78, 5) is 27.4. The van der Waals surface area contributed by atoms with Crippen molar-refractivity contribution in [3.8, 4) is 29.7 Å². The molecule has 68 heavy (non-hydrogen) atoms. The third-order valence-corrected chi connectivity index (χ3v) is 10.2. The van der Waals surface area contributed by atoms with Crippen molar-refractivity contribution >= 4 is 23.7 Å². The molecular formula is C51H42F6N4O7. The predicted molar refractivity (Wildman–Crippen MR) is 237 cm³/mol. The van der Waals surface area contributed by atoms with Crippen LogP contribution in [0.4, 0.5) is 32.0 Å². The van der Waals surface area contributed by atoms with Gasteiger partial charge in [-0.2, -0.15) is 42.1 Å². The van der Waals surface area contributed by atoms with Gasteiger partial charge in [0.2, 0.25) is 0 Å². The van der Waals surface area contributed by atoms with Gasteiger partial charge in [-0.25, -0.2) is 9.59 Å². The number of rotatable bonds is 17. The summed E-state index contributed by atoms with van der Waals surface area (Å²) in [5.41, 5.74) is 3.08.